The topological polar surface area (TPSA) is 26.0 Å². The van der Waals surface area contributed by atoms with Crippen LogP contribution in [0.5, 0.6) is 0 Å². The maximum absolute atomic E-state index is 13.2. The molecule has 0 bridgehead atoms. The third-order valence-corrected chi connectivity index (χ3v) is 3.37. The molecule has 0 saturated carbocycles. The van der Waals surface area contributed by atoms with E-state index in [0.717, 1.165) is 21.2 Å². The minimum Gasteiger partial charge on any atom is -0.324 e. The zero-order chi connectivity index (χ0) is 12.4. The molecule has 2 rings (SSSR count). The van der Waals surface area contributed by atoms with E-state index in [1.807, 2.05) is 31.2 Å². The van der Waals surface area contributed by atoms with E-state index < -0.39 is 0 Å². The second-order valence-electron chi connectivity index (χ2n) is 4.04. The summed E-state index contributed by atoms with van der Waals surface area (Å²) in [5.74, 6) is -0.229. The summed E-state index contributed by atoms with van der Waals surface area (Å²) < 4.78 is 14.1. The van der Waals surface area contributed by atoms with Crippen molar-refractivity contribution in [1.29, 1.82) is 0 Å². The summed E-state index contributed by atoms with van der Waals surface area (Å²) in [5.41, 5.74) is 8.74. The zero-order valence-electron chi connectivity index (χ0n) is 9.45. The van der Waals surface area contributed by atoms with Gasteiger partial charge < -0.3 is 5.73 Å². The lowest BCUT2D eigenvalue weighted by atomic mass is 10.0. The fraction of sp³-hybridized carbons (Fsp3) is 0.143. The predicted molar refractivity (Wildman–Crippen MR) is 72.1 cm³/mol. The zero-order valence-corrected chi connectivity index (χ0v) is 11.0. The molecule has 0 amide bonds. The van der Waals surface area contributed by atoms with E-state index in [2.05, 4.69) is 15.9 Å². The standard InChI is InChI=1S/C14H13BrFN/c1-9(17)13-8-11(5-6-14(13)15)10-3-2-4-12(16)7-10/h2-9H,17H2,1H3. The first-order chi connectivity index (χ1) is 8.08. The van der Waals surface area contributed by atoms with Gasteiger partial charge in [-0.15, -0.1) is 0 Å². The van der Waals surface area contributed by atoms with Gasteiger partial charge in [-0.25, -0.2) is 4.39 Å². The first-order valence-corrected chi connectivity index (χ1v) is 6.18. The Morgan fingerprint density at radius 3 is 2.47 bits per heavy atom. The highest BCUT2D eigenvalue weighted by atomic mass is 79.9. The molecule has 0 aromatic heterocycles. The molecule has 0 fully saturated rings. The maximum Gasteiger partial charge on any atom is 0.123 e. The predicted octanol–water partition coefficient (Wildman–Crippen LogP) is 4.27. The van der Waals surface area contributed by atoms with Gasteiger partial charge in [0.05, 0.1) is 0 Å². The Hall–Kier alpha value is -1.19. The van der Waals surface area contributed by atoms with Crippen molar-refractivity contribution in [2.75, 3.05) is 0 Å². The average Bonchev–Trinajstić information content (AvgIpc) is 2.29. The van der Waals surface area contributed by atoms with Crippen LogP contribution in [0.15, 0.2) is 46.9 Å². The van der Waals surface area contributed by atoms with Crippen LogP contribution in [0.2, 0.25) is 0 Å². The Morgan fingerprint density at radius 2 is 1.82 bits per heavy atom. The summed E-state index contributed by atoms with van der Waals surface area (Å²) in [7, 11) is 0. The quantitative estimate of drug-likeness (QED) is 0.879. The van der Waals surface area contributed by atoms with Gasteiger partial charge in [0.2, 0.25) is 0 Å². The van der Waals surface area contributed by atoms with E-state index in [4.69, 9.17) is 5.73 Å². The van der Waals surface area contributed by atoms with E-state index in [1.54, 1.807) is 6.07 Å². The van der Waals surface area contributed by atoms with Crippen LogP contribution in [0.3, 0.4) is 0 Å². The molecule has 2 aromatic rings. The third-order valence-electron chi connectivity index (χ3n) is 2.64. The maximum atomic E-state index is 13.2. The van der Waals surface area contributed by atoms with Crippen LogP contribution in [0.1, 0.15) is 18.5 Å². The van der Waals surface area contributed by atoms with Crippen molar-refractivity contribution in [2.45, 2.75) is 13.0 Å². The Morgan fingerprint density at radius 1 is 1.12 bits per heavy atom. The molecule has 1 nitrogen and oxygen atoms in total. The van der Waals surface area contributed by atoms with Gasteiger partial charge in [-0.1, -0.05) is 34.1 Å². The minimum atomic E-state index is -0.229. The van der Waals surface area contributed by atoms with Gasteiger partial charge in [-0.2, -0.15) is 0 Å². The van der Waals surface area contributed by atoms with Crippen molar-refractivity contribution in [3.63, 3.8) is 0 Å². The van der Waals surface area contributed by atoms with Crippen LogP contribution in [-0.4, -0.2) is 0 Å². The third kappa shape index (κ3) is 2.73. The molecule has 1 unspecified atom stereocenters. The normalized spacial score (nSPS) is 12.5. The molecule has 0 aliphatic rings. The fourth-order valence-corrected chi connectivity index (χ4v) is 2.35. The van der Waals surface area contributed by atoms with Crippen molar-refractivity contribution in [2.24, 2.45) is 5.73 Å². The molecule has 88 valence electrons. The SMILES string of the molecule is CC(N)c1cc(-c2cccc(F)c2)ccc1Br. The van der Waals surface area contributed by atoms with Crippen LogP contribution >= 0.6 is 15.9 Å². The smallest absolute Gasteiger partial charge is 0.123 e. The van der Waals surface area contributed by atoms with Crippen LogP contribution in [0, 0.1) is 5.82 Å². The molecular formula is C14H13BrFN. The van der Waals surface area contributed by atoms with Gasteiger partial charge >= 0.3 is 0 Å². The van der Waals surface area contributed by atoms with Crippen molar-refractivity contribution < 1.29 is 4.39 Å². The van der Waals surface area contributed by atoms with E-state index in [0.29, 0.717) is 0 Å². The minimum absolute atomic E-state index is 0.0575. The van der Waals surface area contributed by atoms with Crippen molar-refractivity contribution in [3.8, 4) is 11.1 Å². The molecule has 3 heteroatoms. The average molecular weight is 294 g/mol. The first-order valence-electron chi connectivity index (χ1n) is 5.39. The number of hydrogen-bond donors (Lipinski definition) is 1. The molecule has 1 atom stereocenters. The van der Waals surface area contributed by atoms with Gasteiger partial charge in [0.15, 0.2) is 0 Å². The van der Waals surface area contributed by atoms with Crippen LogP contribution in [0.4, 0.5) is 4.39 Å². The Labute approximate surface area is 109 Å². The highest BCUT2D eigenvalue weighted by molar-refractivity contribution is 9.10. The summed E-state index contributed by atoms with van der Waals surface area (Å²) in [6.07, 6.45) is 0. The van der Waals surface area contributed by atoms with Gasteiger partial charge in [-0.3, -0.25) is 0 Å². The largest absolute Gasteiger partial charge is 0.324 e. The molecule has 2 N–H and O–H groups in total. The fourth-order valence-electron chi connectivity index (χ4n) is 1.74. The summed E-state index contributed by atoms with van der Waals surface area (Å²) in [6.45, 7) is 1.93. The molecule has 0 radical (unpaired) electrons. The van der Waals surface area contributed by atoms with E-state index in [1.165, 1.54) is 12.1 Å². The highest BCUT2D eigenvalue weighted by Crippen LogP contribution is 2.28. The van der Waals surface area contributed by atoms with Gasteiger partial charge in [-0.05, 0) is 47.9 Å². The van der Waals surface area contributed by atoms with Gasteiger partial charge in [0.25, 0.3) is 0 Å². The van der Waals surface area contributed by atoms with Gasteiger partial charge in [0.1, 0.15) is 5.82 Å². The lowest BCUT2D eigenvalue weighted by molar-refractivity contribution is 0.628. The summed E-state index contributed by atoms with van der Waals surface area (Å²) in [6, 6.07) is 12.4. The first kappa shape index (κ1) is 12.3. The van der Waals surface area contributed by atoms with Crippen LogP contribution in [-0.2, 0) is 0 Å². The molecule has 0 saturated heterocycles. The Bertz CT molecular complexity index is 537. The Balaban J connectivity index is 2.50. The summed E-state index contributed by atoms with van der Waals surface area (Å²) >= 11 is 3.46. The lowest BCUT2D eigenvalue weighted by Crippen LogP contribution is -2.05. The van der Waals surface area contributed by atoms with E-state index in [-0.39, 0.29) is 11.9 Å². The number of rotatable bonds is 2. The lowest BCUT2D eigenvalue weighted by Gasteiger charge is -2.11. The molecule has 0 spiro atoms. The number of halogens is 2. The van der Waals surface area contributed by atoms with E-state index in [9.17, 15) is 4.39 Å². The van der Waals surface area contributed by atoms with Gasteiger partial charge in [0, 0.05) is 10.5 Å². The molecular weight excluding hydrogens is 281 g/mol. The van der Waals surface area contributed by atoms with Crippen molar-refractivity contribution >= 4 is 15.9 Å². The number of benzene rings is 2. The molecule has 0 aliphatic heterocycles. The highest BCUT2D eigenvalue weighted by Gasteiger charge is 2.07. The second-order valence-corrected chi connectivity index (χ2v) is 4.89. The monoisotopic (exact) mass is 293 g/mol. The van der Waals surface area contributed by atoms with E-state index >= 15 is 0 Å². The van der Waals surface area contributed by atoms with Crippen LogP contribution in [0.25, 0.3) is 11.1 Å². The second kappa shape index (κ2) is 4.98. The molecule has 17 heavy (non-hydrogen) atoms. The van der Waals surface area contributed by atoms with Crippen molar-refractivity contribution in [1.82, 2.24) is 0 Å². The Kier molecular flexibility index (Phi) is 3.60. The molecule has 0 heterocycles. The number of nitrogens with two attached hydrogens (primary N) is 1. The number of hydrogen-bond acceptors (Lipinski definition) is 1. The molecule has 0 aliphatic carbocycles. The van der Waals surface area contributed by atoms with Crippen molar-refractivity contribution in [3.05, 3.63) is 58.3 Å². The van der Waals surface area contributed by atoms with Crippen LogP contribution < -0.4 is 5.73 Å². The summed E-state index contributed by atoms with van der Waals surface area (Å²) in [4.78, 5) is 0. The molecule has 2 aromatic carbocycles. The summed E-state index contributed by atoms with van der Waals surface area (Å²) in [5, 5.41) is 0.